The molecule has 1 fully saturated rings. The molecular formula is C13H20N4O3. The standard InChI is InChI=1S/C13H20N4O3/c1-20-10-13(4-6-14-7-5-13)9-16-11-2-3-12(15-8-11)17(18)19/h2-3,8,14,16H,4-7,9-10H2,1H3. The molecule has 0 spiro atoms. The van der Waals surface area contributed by atoms with Crippen molar-refractivity contribution in [1.29, 1.82) is 0 Å². The molecule has 7 nitrogen and oxygen atoms in total. The van der Waals surface area contributed by atoms with Gasteiger partial charge in [-0.15, -0.1) is 0 Å². The number of pyridine rings is 1. The topological polar surface area (TPSA) is 89.3 Å². The number of nitrogens with zero attached hydrogens (tertiary/aromatic N) is 2. The van der Waals surface area contributed by atoms with E-state index in [-0.39, 0.29) is 11.2 Å². The van der Waals surface area contributed by atoms with Gasteiger partial charge in [0.1, 0.15) is 0 Å². The van der Waals surface area contributed by atoms with E-state index < -0.39 is 4.92 Å². The second-order valence-corrected chi connectivity index (χ2v) is 5.20. The Bertz CT molecular complexity index is 438. The molecule has 2 rings (SSSR count). The van der Waals surface area contributed by atoms with E-state index in [0.717, 1.165) is 38.2 Å². The van der Waals surface area contributed by atoms with Crippen LogP contribution in [0, 0.1) is 15.5 Å². The molecule has 110 valence electrons. The number of rotatable bonds is 6. The zero-order valence-electron chi connectivity index (χ0n) is 11.6. The van der Waals surface area contributed by atoms with Gasteiger partial charge < -0.3 is 25.5 Å². The number of hydrogen-bond donors (Lipinski definition) is 2. The number of piperidine rings is 1. The highest BCUT2D eigenvalue weighted by Crippen LogP contribution is 2.29. The summed E-state index contributed by atoms with van der Waals surface area (Å²) in [5, 5.41) is 17.2. The van der Waals surface area contributed by atoms with Gasteiger partial charge in [-0.25, -0.2) is 0 Å². The highest BCUT2D eigenvalue weighted by molar-refractivity contribution is 5.43. The van der Waals surface area contributed by atoms with E-state index in [1.807, 2.05) is 0 Å². The maximum absolute atomic E-state index is 10.6. The van der Waals surface area contributed by atoms with Crippen LogP contribution in [0.15, 0.2) is 18.3 Å². The van der Waals surface area contributed by atoms with Crippen molar-refractivity contribution in [2.75, 3.05) is 38.7 Å². The molecular weight excluding hydrogens is 260 g/mol. The van der Waals surface area contributed by atoms with Gasteiger partial charge in [0.05, 0.1) is 12.3 Å². The molecule has 0 amide bonds. The number of nitrogens with one attached hydrogen (secondary N) is 2. The Balaban J connectivity index is 1.96. The molecule has 0 atom stereocenters. The summed E-state index contributed by atoms with van der Waals surface area (Å²) in [7, 11) is 1.72. The summed E-state index contributed by atoms with van der Waals surface area (Å²) in [5.41, 5.74) is 0.909. The number of hydrogen-bond acceptors (Lipinski definition) is 6. The number of ether oxygens (including phenoxy) is 1. The Hall–Kier alpha value is -1.73. The van der Waals surface area contributed by atoms with Crippen LogP contribution >= 0.6 is 0 Å². The van der Waals surface area contributed by atoms with Gasteiger partial charge in [-0.2, -0.15) is 0 Å². The van der Waals surface area contributed by atoms with Crippen molar-refractivity contribution in [3.05, 3.63) is 28.4 Å². The lowest BCUT2D eigenvalue weighted by molar-refractivity contribution is -0.389. The van der Waals surface area contributed by atoms with Crippen molar-refractivity contribution >= 4 is 11.5 Å². The van der Waals surface area contributed by atoms with Gasteiger partial charge in [-0.3, -0.25) is 0 Å². The van der Waals surface area contributed by atoms with Gasteiger partial charge in [0.2, 0.25) is 0 Å². The van der Waals surface area contributed by atoms with E-state index >= 15 is 0 Å². The Labute approximate surface area is 117 Å². The highest BCUT2D eigenvalue weighted by atomic mass is 16.6. The fourth-order valence-electron chi connectivity index (χ4n) is 2.52. The lowest BCUT2D eigenvalue weighted by Gasteiger charge is -2.37. The lowest BCUT2D eigenvalue weighted by Crippen LogP contribution is -2.44. The minimum Gasteiger partial charge on any atom is -0.384 e. The smallest absolute Gasteiger partial charge is 0.363 e. The molecule has 1 aliphatic rings. The Morgan fingerprint density at radius 3 is 2.80 bits per heavy atom. The fraction of sp³-hybridized carbons (Fsp3) is 0.615. The van der Waals surface area contributed by atoms with Crippen molar-refractivity contribution in [2.45, 2.75) is 12.8 Å². The predicted molar refractivity (Wildman–Crippen MR) is 75.8 cm³/mol. The molecule has 1 saturated heterocycles. The average molecular weight is 280 g/mol. The van der Waals surface area contributed by atoms with Gasteiger partial charge >= 0.3 is 5.82 Å². The van der Waals surface area contributed by atoms with E-state index in [2.05, 4.69) is 15.6 Å². The molecule has 2 heterocycles. The van der Waals surface area contributed by atoms with Crippen molar-refractivity contribution in [1.82, 2.24) is 10.3 Å². The molecule has 0 radical (unpaired) electrons. The predicted octanol–water partition coefficient (Wildman–Crippen LogP) is 1.42. The normalized spacial score (nSPS) is 17.6. The molecule has 0 saturated carbocycles. The van der Waals surface area contributed by atoms with Crippen LogP contribution in [0.2, 0.25) is 0 Å². The fourth-order valence-corrected chi connectivity index (χ4v) is 2.52. The molecule has 20 heavy (non-hydrogen) atoms. The Morgan fingerprint density at radius 2 is 2.25 bits per heavy atom. The summed E-state index contributed by atoms with van der Waals surface area (Å²) >= 11 is 0. The Morgan fingerprint density at radius 1 is 1.50 bits per heavy atom. The first-order valence-corrected chi connectivity index (χ1v) is 6.69. The molecule has 7 heteroatoms. The third-order valence-corrected chi connectivity index (χ3v) is 3.72. The highest BCUT2D eigenvalue weighted by Gasteiger charge is 2.31. The van der Waals surface area contributed by atoms with E-state index in [1.165, 1.54) is 12.3 Å². The Kier molecular flexibility index (Phi) is 4.86. The first-order chi connectivity index (χ1) is 9.65. The second-order valence-electron chi connectivity index (χ2n) is 5.20. The summed E-state index contributed by atoms with van der Waals surface area (Å²) in [5.74, 6) is -0.135. The quantitative estimate of drug-likeness (QED) is 0.605. The molecule has 0 unspecified atom stereocenters. The number of methoxy groups -OCH3 is 1. The van der Waals surface area contributed by atoms with Crippen LogP contribution in [0.4, 0.5) is 11.5 Å². The van der Waals surface area contributed by atoms with Crippen LogP contribution in [-0.2, 0) is 4.74 Å². The molecule has 1 aliphatic heterocycles. The number of aromatic nitrogens is 1. The lowest BCUT2D eigenvalue weighted by atomic mass is 9.79. The maximum Gasteiger partial charge on any atom is 0.363 e. The first-order valence-electron chi connectivity index (χ1n) is 6.69. The summed E-state index contributed by atoms with van der Waals surface area (Å²) < 4.78 is 5.35. The molecule has 1 aromatic heterocycles. The summed E-state index contributed by atoms with van der Waals surface area (Å²) in [6, 6.07) is 3.10. The third-order valence-electron chi connectivity index (χ3n) is 3.72. The zero-order chi connectivity index (χ0) is 14.4. The van der Waals surface area contributed by atoms with Gasteiger partial charge in [0, 0.05) is 25.1 Å². The van der Waals surface area contributed by atoms with E-state index in [0.29, 0.717) is 6.61 Å². The van der Waals surface area contributed by atoms with Crippen LogP contribution in [0.3, 0.4) is 0 Å². The first kappa shape index (κ1) is 14.7. The largest absolute Gasteiger partial charge is 0.384 e. The van der Waals surface area contributed by atoms with Crippen molar-refractivity contribution < 1.29 is 9.66 Å². The average Bonchev–Trinajstić information content (AvgIpc) is 2.47. The third kappa shape index (κ3) is 3.64. The van der Waals surface area contributed by atoms with Crippen LogP contribution < -0.4 is 10.6 Å². The summed E-state index contributed by atoms with van der Waals surface area (Å²) in [6.07, 6.45) is 3.60. The minimum absolute atomic E-state index is 0.113. The maximum atomic E-state index is 10.6. The van der Waals surface area contributed by atoms with Crippen molar-refractivity contribution in [3.63, 3.8) is 0 Å². The van der Waals surface area contributed by atoms with Crippen LogP contribution in [0.25, 0.3) is 0 Å². The molecule has 0 aliphatic carbocycles. The van der Waals surface area contributed by atoms with Gasteiger partial charge in [-0.05, 0) is 41.9 Å². The zero-order valence-corrected chi connectivity index (χ0v) is 11.6. The van der Waals surface area contributed by atoms with E-state index in [1.54, 1.807) is 13.2 Å². The SMILES string of the molecule is COCC1(CNc2ccc([N+](=O)[O-])nc2)CCNCC1. The molecule has 0 aromatic carbocycles. The summed E-state index contributed by atoms with van der Waals surface area (Å²) in [4.78, 5) is 13.9. The number of anilines is 1. The van der Waals surface area contributed by atoms with Crippen LogP contribution in [-0.4, -0.2) is 43.3 Å². The van der Waals surface area contributed by atoms with Crippen molar-refractivity contribution in [3.8, 4) is 0 Å². The minimum atomic E-state index is -0.497. The van der Waals surface area contributed by atoms with Crippen molar-refractivity contribution in [2.24, 2.45) is 5.41 Å². The van der Waals surface area contributed by atoms with Gasteiger partial charge in [0.15, 0.2) is 6.20 Å². The van der Waals surface area contributed by atoms with Crippen LogP contribution in [0.1, 0.15) is 12.8 Å². The molecule has 1 aromatic rings. The van der Waals surface area contributed by atoms with Gasteiger partial charge in [0.25, 0.3) is 0 Å². The summed E-state index contributed by atoms with van der Waals surface area (Å²) in [6.45, 7) is 3.47. The van der Waals surface area contributed by atoms with E-state index in [4.69, 9.17) is 4.74 Å². The van der Waals surface area contributed by atoms with E-state index in [9.17, 15) is 10.1 Å². The molecule has 0 bridgehead atoms. The monoisotopic (exact) mass is 280 g/mol. The van der Waals surface area contributed by atoms with Crippen LogP contribution in [0.5, 0.6) is 0 Å². The number of nitro groups is 1. The molecule has 2 N–H and O–H groups in total. The van der Waals surface area contributed by atoms with Gasteiger partial charge in [-0.1, -0.05) is 0 Å². The second kappa shape index (κ2) is 6.62.